The third kappa shape index (κ3) is 4.12. The van der Waals surface area contributed by atoms with Gasteiger partial charge in [0.2, 0.25) is 5.70 Å². The molecule has 0 aliphatic carbocycles. The van der Waals surface area contributed by atoms with Gasteiger partial charge in [0.15, 0.2) is 6.29 Å². The lowest BCUT2D eigenvalue weighted by atomic mass is 9.99. The van der Waals surface area contributed by atoms with Crippen molar-refractivity contribution in [3.63, 3.8) is 0 Å². The molecule has 0 saturated carbocycles. The van der Waals surface area contributed by atoms with Crippen molar-refractivity contribution in [2.45, 2.75) is 32.6 Å². The molecule has 0 amide bonds. The first-order valence-corrected chi connectivity index (χ1v) is 12.1. The van der Waals surface area contributed by atoms with Crippen LogP contribution >= 0.6 is 0 Å². The Hall–Kier alpha value is -4.07. The van der Waals surface area contributed by atoms with Crippen LogP contribution in [0.15, 0.2) is 42.4 Å². The molecule has 0 N–H and O–H groups in total. The average Bonchev–Trinajstić information content (AvgIpc) is 3.40. The molecule has 0 unspecified atom stereocenters. The largest absolute Gasteiger partial charge is 0.493 e. The minimum atomic E-state index is -0.356. The van der Waals surface area contributed by atoms with Gasteiger partial charge in [0.05, 0.1) is 18.1 Å². The van der Waals surface area contributed by atoms with Crippen molar-refractivity contribution in [1.82, 2.24) is 9.13 Å². The number of aromatic nitrogens is 2. The molecule has 0 fully saturated rings. The van der Waals surface area contributed by atoms with E-state index in [4.69, 9.17) is 9.47 Å². The van der Waals surface area contributed by atoms with Crippen LogP contribution in [0.1, 0.15) is 46.8 Å². The number of carbonyl (C=O) groups excluding carboxylic acids is 1. The maximum atomic E-state index is 11.1. The van der Waals surface area contributed by atoms with Gasteiger partial charge in [0, 0.05) is 83.5 Å². The number of nitro groups is 1. The van der Waals surface area contributed by atoms with Crippen molar-refractivity contribution < 1.29 is 19.2 Å². The van der Waals surface area contributed by atoms with Gasteiger partial charge in [-0.15, -0.1) is 0 Å². The van der Waals surface area contributed by atoms with Crippen LogP contribution in [0, 0.1) is 10.1 Å². The molecule has 2 aromatic heterocycles. The van der Waals surface area contributed by atoms with E-state index >= 15 is 0 Å². The van der Waals surface area contributed by atoms with E-state index in [1.165, 1.54) is 12.5 Å². The van der Waals surface area contributed by atoms with Crippen LogP contribution in [0.4, 0.5) is 0 Å². The summed E-state index contributed by atoms with van der Waals surface area (Å²) in [5, 5.41) is 13.0. The molecule has 36 heavy (non-hydrogen) atoms. The molecular weight excluding hydrogens is 458 g/mol. The van der Waals surface area contributed by atoms with Crippen LogP contribution in [0.5, 0.6) is 11.5 Å². The fourth-order valence-corrected chi connectivity index (χ4v) is 5.26. The Balaban J connectivity index is 0.000000152. The second-order valence-electron chi connectivity index (χ2n) is 9.33. The van der Waals surface area contributed by atoms with E-state index in [2.05, 4.69) is 0 Å². The van der Waals surface area contributed by atoms with Crippen LogP contribution in [-0.4, -0.2) is 33.6 Å². The zero-order valence-corrected chi connectivity index (χ0v) is 20.7. The summed E-state index contributed by atoms with van der Waals surface area (Å²) in [5.41, 5.74) is 6.33. The Labute approximate surface area is 208 Å². The van der Waals surface area contributed by atoms with Gasteiger partial charge in [-0.3, -0.25) is 14.9 Å². The minimum absolute atomic E-state index is 0.145. The fraction of sp³-hybridized carbons (Fsp3) is 0.321. The lowest BCUT2D eigenvalue weighted by Crippen LogP contribution is -2.08. The van der Waals surface area contributed by atoms with E-state index in [1.807, 2.05) is 59.9 Å². The molecule has 2 aliphatic heterocycles. The summed E-state index contributed by atoms with van der Waals surface area (Å²) in [5.74, 6) is 1.84. The first kappa shape index (κ1) is 23.7. The standard InChI is InChI=1S/C15H16N2O3.C13H13NO2/c1-10(17(18)19)8-11-9-16(2)13-5-6-14-12(15(11)13)4-3-7-20-14;1-14-7-9(8-15)13-10-3-2-6-16-12(10)5-4-11(13)14/h5-6,8-9H,3-4,7H2,1-2H3;4-5,7-8H,2-3,6H2,1H3. The molecule has 186 valence electrons. The molecule has 0 spiro atoms. The SMILES string of the molecule is CC(=Cc1cn(C)c2ccc3c(c12)CCCO3)[N+](=O)[O-].Cn1cc(C=O)c2c3c(ccc21)OCCC3. The van der Waals surface area contributed by atoms with Crippen LogP contribution in [0.3, 0.4) is 0 Å². The van der Waals surface area contributed by atoms with Gasteiger partial charge < -0.3 is 18.6 Å². The Morgan fingerprint density at radius 1 is 0.889 bits per heavy atom. The molecular formula is C28H29N3O5. The van der Waals surface area contributed by atoms with Crippen LogP contribution < -0.4 is 9.47 Å². The van der Waals surface area contributed by atoms with E-state index in [0.717, 1.165) is 95.2 Å². The number of benzene rings is 2. The predicted octanol–water partition coefficient (Wildman–Crippen LogP) is 5.46. The first-order valence-electron chi connectivity index (χ1n) is 12.1. The number of aryl methyl sites for hydroxylation is 4. The number of nitrogens with zero attached hydrogens (tertiary/aromatic N) is 3. The second-order valence-corrected chi connectivity index (χ2v) is 9.33. The van der Waals surface area contributed by atoms with Gasteiger partial charge in [-0.25, -0.2) is 0 Å². The molecule has 8 nitrogen and oxygen atoms in total. The van der Waals surface area contributed by atoms with Crippen LogP contribution in [-0.2, 0) is 26.9 Å². The van der Waals surface area contributed by atoms with E-state index < -0.39 is 0 Å². The molecule has 0 radical (unpaired) electrons. The summed E-state index contributed by atoms with van der Waals surface area (Å²) < 4.78 is 15.3. The molecule has 2 aromatic carbocycles. The molecule has 2 aliphatic rings. The molecule has 6 rings (SSSR count). The van der Waals surface area contributed by atoms with Gasteiger partial charge in [-0.05, 0) is 49.9 Å². The minimum Gasteiger partial charge on any atom is -0.493 e. The summed E-state index contributed by atoms with van der Waals surface area (Å²) >= 11 is 0. The fourth-order valence-electron chi connectivity index (χ4n) is 5.26. The van der Waals surface area contributed by atoms with Crippen LogP contribution in [0.2, 0.25) is 0 Å². The van der Waals surface area contributed by atoms with E-state index in [9.17, 15) is 14.9 Å². The molecule has 4 aromatic rings. The zero-order valence-electron chi connectivity index (χ0n) is 20.7. The van der Waals surface area contributed by atoms with Crippen molar-refractivity contribution in [2.75, 3.05) is 13.2 Å². The summed E-state index contributed by atoms with van der Waals surface area (Å²) in [4.78, 5) is 21.6. The quantitative estimate of drug-likeness (QED) is 0.218. The Morgan fingerprint density at radius 2 is 1.39 bits per heavy atom. The van der Waals surface area contributed by atoms with Gasteiger partial charge >= 0.3 is 0 Å². The highest BCUT2D eigenvalue weighted by molar-refractivity contribution is 6.00. The summed E-state index contributed by atoms with van der Waals surface area (Å²) in [7, 11) is 3.92. The number of aldehydes is 1. The summed E-state index contributed by atoms with van der Waals surface area (Å²) in [6.45, 7) is 3.04. The van der Waals surface area contributed by atoms with E-state index in [-0.39, 0.29) is 10.6 Å². The number of hydrogen-bond acceptors (Lipinski definition) is 5. The number of fused-ring (bicyclic) bond motifs is 6. The summed E-state index contributed by atoms with van der Waals surface area (Å²) in [6.07, 6.45) is 10.3. The molecule has 0 bridgehead atoms. The highest BCUT2D eigenvalue weighted by atomic mass is 16.6. The highest BCUT2D eigenvalue weighted by Gasteiger charge is 2.19. The van der Waals surface area contributed by atoms with Crippen molar-refractivity contribution in [3.05, 3.63) is 74.7 Å². The smallest absolute Gasteiger partial charge is 0.243 e. The average molecular weight is 488 g/mol. The maximum absolute atomic E-state index is 11.1. The number of allylic oxidation sites excluding steroid dienone is 1. The van der Waals surface area contributed by atoms with Gasteiger partial charge in [0.25, 0.3) is 0 Å². The normalized spacial score (nSPS) is 14.8. The van der Waals surface area contributed by atoms with Gasteiger partial charge in [0.1, 0.15) is 11.5 Å². The van der Waals surface area contributed by atoms with E-state index in [0.29, 0.717) is 0 Å². The van der Waals surface area contributed by atoms with Crippen molar-refractivity contribution in [1.29, 1.82) is 0 Å². The third-order valence-corrected chi connectivity index (χ3v) is 6.94. The Bertz CT molecular complexity index is 1530. The number of ether oxygens (including phenoxy) is 2. The van der Waals surface area contributed by atoms with Crippen LogP contribution in [0.25, 0.3) is 27.9 Å². The number of hydrogen-bond donors (Lipinski definition) is 0. The first-order chi connectivity index (χ1) is 17.4. The second kappa shape index (κ2) is 9.53. The lowest BCUT2D eigenvalue weighted by molar-refractivity contribution is -0.422. The summed E-state index contributed by atoms with van der Waals surface area (Å²) in [6, 6.07) is 8.03. The third-order valence-electron chi connectivity index (χ3n) is 6.94. The zero-order chi connectivity index (χ0) is 25.4. The highest BCUT2D eigenvalue weighted by Crippen LogP contribution is 2.36. The van der Waals surface area contributed by atoms with Crippen molar-refractivity contribution in [2.24, 2.45) is 14.1 Å². The maximum Gasteiger partial charge on any atom is 0.243 e. The number of rotatable bonds is 3. The topological polar surface area (TPSA) is 88.5 Å². The van der Waals surface area contributed by atoms with Crippen molar-refractivity contribution >= 4 is 34.2 Å². The van der Waals surface area contributed by atoms with E-state index in [1.54, 1.807) is 6.08 Å². The Morgan fingerprint density at radius 3 is 1.89 bits per heavy atom. The van der Waals surface area contributed by atoms with Crippen molar-refractivity contribution in [3.8, 4) is 11.5 Å². The Kier molecular flexibility index (Phi) is 6.26. The number of carbonyl (C=O) groups is 1. The lowest BCUT2D eigenvalue weighted by Gasteiger charge is -2.18. The molecule has 0 saturated heterocycles. The predicted molar refractivity (Wildman–Crippen MR) is 140 cm³/mol. The molecule has 4 heterocycles. The van der Waals surface area contributed by atoms with Gasteiger partial charge in [-0.1, -0.05) is 0 Å². The monoisotopic (exact) mass is 487 g/mol. The molecule has 0 atom stereocenters. The van der Waals surface area contributed by atoms with Gasteiger partial charge in [-0.2, -0.15) is 0 Å². The molecule has 8 heteroatoms.